The maximum Gasteiger partial charge on any atom is 0.0977 e. The van der Waals surface area contributed by atoms with E-state index in [-0.39, 0.29) is 0 Å². The summed E-state index contributed by atoms with van der Waals surface area (Å²) in [6.45, 7) is 6.95. The highest BCUT2D eigenvalue weighted by molar-refractivity contribution is 7.11. The van der Waals surface area contributed by atoms with Crippen LogP contribution in [0.4, 0.5) is 0 Å². The Labute approximate surface area is 113 Å². The molecule has 1 aromatic heterocycles. The van der Waals surface area contributed by atoms with E-state index in [0.717, 1.165) is 12.1 Å². The van der Waals surface area contributed by atoms with Crippen LogP contribution in [-0.2, 0) is 6.42 Å². The van der Waals surface area contributed by atoms with Crippen LogP contribution in [0.25, 0.3) is 0 Å². The Morgan fingerprint density at radius 3 is 2.33 bits per heavy atom. The molecule has 0 spiro atoms. The van der Waals surface area contributed by atoms with Crippen molar-refractivity contribution >= 4 is 11.3 Å². The molecular formula is C15H20N2S. The van der Waals surface area contributed by atoms with E-state index in [4.69, 9.17) is 5.73 Å². The van der Waals surface area contributed by atoms with Crippen LogP contribution >= 0.6 is 11.3 Å². The Morgan fingerprint density at radius 2 is 1.83 bits per heavy atom. The topological polar surface area (TPSA) is 38.9 Å². The van der Waals surface area contributed by atoms with Gasteiger partial charge in [-0.2, -0.15) is 0 Å². The number of rotatable bonds is 4. The maximum atomic E-state index is 5.91. The van der Waals surface area contributed by atoms with Crippen molar-refractivity contribution in [2.75, 3.05) is 6.54 Å². The Balaban J connectivity index is 2.16. The fourth-order valence-electron chi connectivity index (χ4n) is 1.95. The fourth-order valence-corrected chi connectivity index (χ4v) is 2.99. The first-order valence-corrected chi connectivity index (χ1v) is 7.11. The molecule has 2 rings (SSSR count). The normalized spacial score (nSPS) is 12.7. The average Bonchev–Trinajstić information content (AvgIpc) is 2.69. The van der Waals surface area contributed by atoms with E-state index in [1.807, 2.05) is 0 Å². The Kier molecular flexibility index (Phi) is 4.15. The van der Waals surface area contributed by atoms with Gasteiger partial charge < -0.3 is 5.73 Å². The molecule has 96 valence electrons. The molecule has 0 bridgehead atoms. The SMILES string of the molecule is Cc1ccc(CC(CN)c2nc(C)c(C)s2)cc1. The lowest BCUT2D eigenvalue weighted by Crippen LogP contribution is -2.14. The lowest BCUT2D eigenvalue weighted by molar-refractivity contribution is 0.687. The third-order valence-corrected chi connectivity index (χ3v) is 4.52. The summed E-state index contributed by atoms with van der Waals surface area (Å²) < 4.78 is 0. The zero-order chi connectivity index (χ0) is 13.1. The molecule has 2 N–H and O–H groups in total. The lowest BCUT2D eigenvalue weighted by atomic mass is 9.99. The van der Waals surface area contributed by atoms with Crippen LogP contribution in [0, 0.1) is 20.8 Å². The fraction of sp³-hybridized carbons (Fsp3) is 0.400. The van der Waals surface area contributed by atoms with E-state index in [2.05, 4.69) is 50.0 Å². The number of hydrogen-bond acceptors (Lipinski definition) is 3. The van der Waals surface area contributed by atoms with Gasteiger partial charge in [0.15, 0.2) is 0 Å². The first kappa shape index (κ1) is 13.2. The van der Waals surface area contributed by atoms with E-state index in [1.165, 1.54) is 21.0 Å². The van der Waals surface area contributed by atoms with E-state index in [9.17, 15) is 0 Å². The van der Waals surface area contributed by atoms with Crippen LogP contribution in [0.3, 0.4) is 0 Å². The number of nitrogens with zero attached hydrogens (tertiary/aromatic N) is 1. The highest BCUT2D eigenvalue weighted by Crippen LogP contribution is 2.26. The first-order chi connectivity index (χ1) is 8.60. The van der Waals surface area contributed by atoms with E-state index < -0.39 is 0 Å². The van der Waals surface area contributed by atoms with Gasteiger partial charge in [0.05, 0.1) is 10.7 Å². The average molecular weight is 260 g/mol. The summed E-state index contributed by atoms with van der Waals surface area (Å²) >= 11 is 1.78. The largest absolute Gasteiger partial charge is 0.330 e. The van der Waals surface area contributed by atoms with Crippen molar-refractivity contribution < 1.29 is 0 Å². The van der Waals surface area contributed by atoms with Crippen molar-refractivity contribution in [1.29, 1.82) is 0 Å². The van der Waals surface area contributed by atoms with Gasteiger partial charge in [-0.25, -0.2) is 4.98 Å². The zero-order valence-electron chi connectivity index (χ0n) is 11.2. The number of thiazole rings is 1. The van der Waals surface area contributed by atoms with Gasteiger partial charge in [-0.1, -0.05) is 29.8 Å². The number of nitrogens with two attached hydrogens (primary N) is 1. The molecule has 3 heteroatoms. The molecule has 2 aromatic rings. The minimum Gasteiger partial charge on any atom is -0.330 e. The summed E-state index contributed by atoms with van der Waals surface area (Å²) in [6, 6.07) is 8.68. The Morgan fingerprint density at radius 1 is 1.17 bits per heavy atom. The predicted octanol–water partition coefficient (Wildman–Crippen LogP) is 3.35. The molecule has 0 aliphatic rings. The van der Waals surface area contributed by atoms with Crippen LogP contribution in [0.5, 0.6) is 0 Å². The molecule has 0 fully saturated rings. The minimum atomic E-state index is 0.338. The van der Waals surface area contributed by atoms with Crippen molar-refractivity contribution in [1.82, 2.24) is 4.98 Å². The van der Waals surface area contributed by atoms with Crippen LogP contribution in [0.2, 0.25) is 0 Å². The molecule has 1 atom stereocenters. The number of benzene rings is 1. The van der Waals surface area contributed by atoms with Crippen molar-refractivity contribution in [3.63, 3.8) is 0 Å². The smallest absolute Gasteiger partial charge is 0.0977 e. The van der Waals surface area contributed by atoms with Crippen LogP contribution < -0.4 is 5.73 Å². The minimum absolute atomic E-state index is 0.338. The van der Waals surface area contributed by atoms with E-state index >= 15 is 0 Å². The Bertz CT molecular complexity index is 494. The van der Waals surface area contributed by atoms with Gasteiger partial charge in [0.1, 0.15) is 0 Å². The molecule has 2 nitrogen and oxygen atoms in total. The van der Waals surface area contributed by atoms with Gasteiger partial charge >= 0.3 is 0 Å². The monoisotopic (exact) mass is 260 g/mol. The van der Waals surface area contributed by atoms with E-state index in [1.54, 1.807) is 11.3 Å². The van der Waals surface area contributed by atoms with Crippen LogP contribution in [-0.4, -0.2) is 11.5 Å². The predicted molar refractivity (Wildman–Crippen MR) is 78.3 cm³/mol. The van der Waals surface area contributed by atoms with Crippen LogP contribution in [0.15, 0.2) is 24.3 Å². The summed E-state index contributed by atoms with van der Waals surface area (Å²) in [6.07, 6.45) is 0.975. The van der Waals surface area contributed by atoms with Gasteiger partial charge in [-0.3, -0.25) is 0 Å². The zero-order valence-corrected chi connectivity index (χ0v) is 12.1. The van der Waals surface area contributed by atoms with Gasteiger partial charge in [-0.05, 0) is 32.8 Å². The highest BCUT2D eigenvalue weighted by Gasteiger charge is 2.15. The number of hydrogen-bond donors (Lipinski definition) is 1. The molecule has 0 aliphatic heterocycles. The molecule has 0 radical (unpaired) electrons. The van der Waals surface area contributed by atoms with Crippen LogP contribution in [0.1, 0.15) is 32.6 Å². The number of aromatic nitrogens is 1. The third-order valence-electron chi connectivity index (χ3n) is 3.28. The molecule has 0 saturated carbocycles. The molecule has 0 aliphatic carbocycles. The van der Waals surface area contributed by atoms with Gasteiger partial charge in [0.25, 0.3) is 0 Å². The van der Waals surface area contributed by atoms with Crippen molar-refractivity contribution in [3.05, 3.63) is 51.0 Å². The first-order valence-electron chi connectivity index (χ1n) is 6.29. The summed E-state index contributed by atoms with van der Waals surface area (Å²) in [5, 5.41) is 1.17. The molecule has 1 unspecified atom stereocenters. The second-order valence-corrected chi connectivity index (χ2v) is 6.05. The van der Waals surface area contributed by atoms with Gasteiger partial charge in [0, 0.05) is 17.3 Å². The molecule has 0 amide bonds. The summed E-state index contributed by atoms with van der Waals surface area (Å²) in [5.74, 6) is 0.338. The Hall–Kier alpha value is -1.19. The van der Waals surface area contributed by atoms with Gasteiger partial charge in [-0.15, -0.1) is 11.3 Å². The van der Waals surface area contributed by atoms with Gasteiger partial charge in [0.2, 0.25) is 0 Å². The second-order valence-electron chi connectivity index (χ2n) is 4.82. The van der Waals surface area contributed by atoms with Crippen molar-refractivity contribution in [3.8, 4) is 0 Å². The molecular weight excluding hydrogens is 240 g/mol. The van der Waals surface area contributed by atoms with Crippen molar-refractivity contribution in [2.45, 2.75) is 33.1 Å². The lowest BCUT2D eigenvalue weighted by Gasteiger charge is -2.12. The number of aryl methyl sites for hydroxylation is 3. The standard InChI is InChI=1S/C15H20N2S/c1-10-4-6-13(7-5-10)8-14(9-16)15-17-11(2)12(3)18-15/h4-7,14H,8-9,16H2,1-3H3. The summed E-state index contributed by atoms with van der Waals surface area (Å²) in [4.78, 5) is 5.93. The highest BCUT2D eigenvalue weighted by atomic mass is 32.1. The van der Waals surface area contributed by atoms with E-state index in [0.29, 0.717) is 12.5 Å². The molecule has 1 aromatic carbocycles. The summed E-state index contributed by atoms with van der Waals surface area (Å²) in [5.41, 5.74) is 9.68. The second kappa shape index (κ2) is 5.63. The molecule has 0 saturated heterocycles. The third kappa shape index (κ3) is 2.98. The molecule has 1 heterocycles. The quantitative estimate of drug-likeness (QED) is 0.915. The van der Waals surface area contributed by atoms with Crippen molar-refractivity contribution in [2.24, 2.45) is 5.73 Å². The summed E-state index contributed by atoms with van der Waals surface area (Å²) in [7, 11) is 0. The maximum absolute atomic E-state index is 5.91. The molecule has 18 heavy (non-hydrogen) atoms.